The van der Waals surface area contributed by atoms with Crippen LogP contribution in [0.2, 0.25) is 0 Å². The number of benzene rings is 2. The average molecular weight is 418 g/mol. The quantitative estimate of drug-likeness (QED) is 0.629. The van der Waals surface area contributed by atoms with Gasteiger partial charge in [-0.05, 0) is 49.7 Å². The average Bonchev–Trinajstić information content (AvgIpc) is 3.31. The van der Waals surface area contributed by atoms with Gasteiger partial charge in [-0.3, -0.25) is 9.63 Å². The molecule has 1 N–H and O–H groups in total. The molecule has 0 fully saturated rings. The largest absolute Gasteiger partial charge is 0.485 e. The van der Waals surface area contributed by atoms with Crippen LogP contribution in [0.3, 0.4) is 0 Å². The molecular weight excluding hydrogens is 396 g/mol. The number of amides is 1. The van der Waals surface area contributed by atoms with Crippen molar-refractivity contribution < 1.29 is 23.9 Å². The van der Waals surface area contributed by atoms with Gasteiger partial charge in [0.05, 0.1) is 17.9 Å². The van der Waals surface area contributed by atoms with Crippen molar-refractivity contribution in [2.45, 2.75) is 38.2 Å². The molecule has 4 rings (SSSR count). The lowest BCUT2D eigenvalue weighted by atomic mass is 9.85. The van der Waals surface area contributed by atoms with Crippen molar-refractivity contribution in [3.8, 4) is 11.8 Å². The molecule has 0 saturated carbocycles. The van der Waals surface area contributed by atoms with E-state index in [1.807, 2.05) is 30.3 Å². The van der Waals surface area contributed by atoms with Gasteiger partial charge in [-0.2, -0.15) is 5.26 Å². The van der Waals surface area contributed by atoms with Crippen LogP contribution in [-0.2, 0) is 11.4 Å². The smallest absolute Gasteiger partial charge is 0.313 e. The van der Waals surface area contributed by atoms with E-state index in [9.17, 15) is 15.2 Å². The minimum absolute atomic E-state index is 0.0718. The van der Waals surface area contributed by atoms with Gasteiger partial charge < -0.3 is 14.3 Å². The van der Waals surface area contributed by atoms with E-state index >= 15 is 0 Å². The van der Waals surface area contributed by atoms with Gasteiger partial charge in [0.2, 0.25) is 0 Å². The van der Waals surface area contributed by atoms with E-state index in [0.717, 1.165) is 10.6 Å². The second kappa shape index (κ2) is 8.26. The van der Waals surface area contributed by atoms with Crippen LogP contribution in [0.15, 0.2) is 71.3 Å². The van der Waals surface area contributed by atoms with E-state index < -0.39 is 23.7 Å². The summed E-state index contributed by atoms with van der Waals surface area (Å²) < 4.78 is 11.3. The van der Waals surface area contributed by atoms with Gasteiger partial charge in [0.15, 0.2) is 5.76 Å². The number of rotatable bonds is 5. The number of hydrogen-bond acceptors (Lipinski definition) is 6. The Morgan fingerprint density at radius 1 is 1.19 bits per heavy atom. The molecule has 7 heteroatoms. The van der Waals surface area contributed by atoms with Gasteiger partial charge in [0.25, 0.3) is 0 Å². The van der Waals surface area contributed by atoms with E-state index in [4.69, 9.17) is 14.0 Å². The molecule has 0 radical (unpaired) electrons. The molecule has 2 aromatic carbocycles. The van der Waals surface area contributed by atoms with E-state index in [-0.39, 0.29) is 12.4 Å². The lowest BCUT2D eigenvalue weighted by Gasteiger charge is -2.45. The third-order valence-electron chi connectivity index (χ3n) is 5.24. The Kier molecular flexibility index (Phi) is 5.51. The Hall–Kier alpha value is -3.60. The highest BCUT2D eigenvalue weighted by Crippen LogP contribution is 2.44. The number of aliphatic hydroxyl groups is 1. The van der Waals surface area contributed by atoms with Crippen LogP contribution in [-0.4, -0.2) is 27.8 Å². The number of furan rings is 1. The Bertz CT molecular complexity index is 1100. The van der Waals surface area contributed by atoms with E-state index in [2.05, 4.69) is 6.07 Å². The van der Waals surface area contributed by atoms with Crippen LogP contribution in [0.25, 0.3) is 0 Å². The lowest BCUT2D eigenvalue weighted by Crippen LogP contribution is -2.54. The normalized spacial score (nSPS) is 19.0. The van der Waals surface area contributed by atoms with E-state index in [0.29, 0.717) is 16.9 Å². The minimum atomic E-state index is -1.14. The third-order valence-corrected chi connectivity index (χ3v) is 5.24. The maximum absolute atomic E-state index is 13.3. The minimum Gasteiger partial charge on any atom is -0.485 e. The van der Waals surface area contributed by atoms with E-state index in [1.54, 1.807) is 38.1 Å². The fourth-order valence-corrected chi connectivity index (χ4v) is 3.58. The highest BCUT2D eigenvalue weighted by Gasteiger charge is 2.48. The summed E-state index contributed by atoms with van der Waals surface area (Å²) in [6.45, 7) is 3.57. The molecule has 1 aromatic heterocycles. The molecule has 0 unspecified atom stereocenters. The fourth-order valence-electron chi connectivity index (χ4n) is 3.58. The highest BCUT2D eigenvalue weighted by molar-refractivity contribution is 5.91. The molecular formula is C24H22N2O5. The molecule has 0 spiro atoms. The Labute approximate surface area is 180 Å². The zero-order chi connectivity index (χ0) is 22.0. The second-order valence-corrected chi connectivity index (χ2v) is 7.83. The van der Waals surface area contributed by atoms with Crippen molar-refractivity contribution in [1.29, 1.82) is 5.26 Å². The number of ether oxygens (including phenoxy) is 1. The van der Waals surface area contributed by atoms with Gasteiger partial charge in [0, 0.05) is 5.56 Å². The monoisotopic (exact) mass is 418 g/mol. The zero-order valence-corrected chi connectivity index (χ0v) is 17.2. The van der Waals surface area contributed by atoms with Gasteiger partial charge in [-0.25, -0.2) is 5.06 Å². The van der Waals surface area contributed by atoms with Gasteiger partial charge in [0.1, 0.15) is 30.1 Å². The lowest BCUT2D eigenvalue weighted by molar-refractivity contribution is -0.206. The number of carbonyl (C=O) groups is 1. The molecule has 1 amide bonds. The van der Waals surface area contributed by atoms with Crippen molar-refractivity contribution in [3.63, 3.8) is 0 Å². The van der Waals surface area contributed by atoms with Crippen LogP contribution < -0.4 is 4.74 Å². The molecule has 1 aliphatic heterocycles. The summed E-state index contributed by atoms with van der Waals surface area (Å²) in [6.07, 6.45) is 0.262. The summed E-state index contributed by atoms with van der Waals surface area (Å²) in [5.41, 5.74) is 0.710. The summed E-state index contributed by atoms with van der Waals surface area (Å²) in [6, 6.07) is 18.6. The molecule has 0 saturated heterocycles. The number of hydroxylamine groups is 2. The van der Waals surface area contributed by atoms with Crippen LogP contribution >= 0.6 is 0 Å². The van der Waals surface area contributed by atoms with Gasteiger partial charge >= 0.3 is 5.91 Å². The topological polar surface area (TPSA) is 95.9 Å². The number of nitriles is 1. The molecule has 7 nitrogen and oxygen atoms in total. The van der Waals surface area contributed by atoms with Gasteiger partial charge in [-0.15, -0.1) is 0 Å². The van der Waals surface area contributed by atoms with Crippen LogP contribution in [0.1, 0.15) is 47.1 Å². The van der Waals surface area contributed by atoms with E-state index in [1.165, 1.54) is 12.3 Å². The Morgan fingerprint density at radius 2 is 1.97 bits per heavy atom. The maximum atomic E-state index is 13.3. The molecule has 0 aliphatic carbocycles. The molecule has 2 atom stereocenters. The Balaban J connectivity index is 1.78. The molecule has 31 heavy (non-hydrogen) atoms. The molecule has 1 aliphatic rings. The predicted octanol–water partition coefficient (Wildman–Crippen LogP) is 4.00. The SMILES string of the molecule is CC1(C)Oc2ccc(C#N)cc2[C@H](N(OCc2ccccc2)C(=O)c2ccco2)[C@H]1O. The third kappa shape index (κ3) is 4.04. The standard InChI is InChI=1S/C24H22N2O5/c1-24(2)22(27)21(18-13-17(14-25)10-11-19(18)31-24)26(23(28)20-9-6-12-29-20)30-15-16-7-4-3-5-8-16/h3-13,21-22,27H,15H2,1-2H3/t21-,22+/m0/s1. The summed E-state index contributed by atoms with van der Waals surface area (Å²) in [4.78, 5) is 19.3. The Morgan fingerprint density at radius 3 is 2.65 bits per heavy atom. The number of fused-ring (bicyclic) bond motifs is 1. The first-order chi connectivity index (χ1) is 14.9. The summed E-state index contributed by atoms with van der Waals surface area (Å²) in [5.74, 6) is -0.00149. The predicted molar refractivity (Wildman–Crippen MR) is 111 cm³/mol. The van der Waals surface area contributed by atoms with Crippen LogP contribution in [0.5, 0.6) is 5.75 Å². The number of hydrogen-bond donors (Lipinski definition) is 1. The summed E-state index contributed by atoms with van der Waals surface area (Å²) in [7, 11) is 0. The molecule has 0 bridgehead atoms. The van der Waals surface area contributed by atoms with Gasteiger partial charge in [-0.1, -0.05) is 30.3 Å². The second-order valence-electron chi connectivity index (χ2n) is 7.83. The number of carbonyl (C=O) groups excluding carboxylic acids is 1. The zero-order valence-electron chi connectivity index (χ0n) is 17.2. The van der Waals surface area contributed by atoms with Crippen molar-refractivity contribution in [1.82, 2.24) is 5.06 Å². The van der Waals surface area contributed by atoms with Crippen LogP contribution in [0.4, 0.5) is 0 Å². The van der Waals surface area contributed by atoms with Crippen molar-refractivity contribution >= 4 is 5.91 Å². The fraction of sp³-hybridized carbons (Fsp3) is 0.250. The summed E-state index contributed by atoms with van der Waals surface area (Å²) >= 11 is 0. The number of nitrogens with zero attached hydrogens (tertiary/aromatic N) is 2. The maximum Gasteiger partial charge on any atom is 0.313 e. The first-order valence-corrected chi connectivity index (χ1v) is 9.86. The highest BCUT2D eigenvalue weighted by atomic mass is 16.7. The first-order valence-electron chi connectivity index (χ1n) is 9.86. The first kappa shape index (κ1) is 20.7. The molecule has 158 valence electrons. The number of aliphatic hydroxyl groups excluding tert-OH is 1. The van der Waals surface area contributed by atoms with Crippen LogP contribution in [0, 0.1) is 11.3 Å². The summed E-state index contributed by atoms with van der Waals surface area (Å²) in [5, 5.41) is 21.7. The molecule has 3 aromatic rings. The van der Waals surface area contributed by atoms with Crippen molar-refractivity contribution in [3.05, 3.63) is 89.4 Å². The van der Waals surface area contributed by atoms with Crippen molar-refractivity contribution in [2.75, 3.05) is 0 Å². The van der Waals surface area contributed by atoms with Crippen molar-refractivity contribution in [2.24, 2.45) is 0 Å². The molecule has 2 heterocycles.